The summed E-state index contributed by atoms with van der Waals surface area (Å²) in [6.07, 6.45) is 1.99. The molecule has 7 rings (SSSR count). The number of aromatic nitrogens is 1. The van der Waals surface area contributed by atoms with Crippen molar-refractivity contribution < 1.29 is 0 Å². The van der Waals surface area contributed by atoms with E-state index in [9.17, 15) is 0 Å². The zero-order valence-electron chi connectivity index (χ0n) is 20.6. The third kappa shape index (κ3) is 3.59. The molecule has 0 atom stereocenters. The number of benzene rings is 5. The van der Waals surface area contributed by atoms with Crippen molar-refractivity contribution in [1.82, 2.24) is 4.98 Å². The minimum absolute atomic E-state index is 0.987. The van der Waals surface area contributed by atoms with Gasteiger partial charge in [0.1, 0.15) is 0 Å². The Balaban J connectivity index is 1.49. The summed E-state index contributed by atoms with van der Waals surface area (Å²) in [6.45, 7) is 2.13. The van der Waals surface area contributed by atoms with Gasteiger partial charge in [0.15, 0.2) is 0 Å². The molecule has 1 aliphatic rings. The molecular weight excluding hydrogens is 446 g/mol. The first-order valence-corrected chi connectivity index (χ1v) is 12.7. The van der Waals surface area contributed by atoms with Crippen LogP contribution in [-0.2, 0) is 0 Å². The minimum Gasteiger partial charge on any atom is -0.256 e. The van der Waals surface area contributed by atoms with E-state index in [2.05, 4.69) is 134 Å². The number of rotatable bonds is 2. The van der Waals surface area contributed by atoms with Gasteiger partial charge in [-0.1, -0.05) is 115 Å². The molecule has 0 aliphatic heterocycles. The highest BCUT2D eigenvalue weighted by Gasteiger charge is 2.22. The summed E-state index contributed by atoms with van der Waals surface area (Å²) in [4.78, 5) is 4.86. The molecule has 0 amide bonds. The second-order valence-electron chi connectivity index (χ2n) is 9.65. The van der Waals surface area contributed by atoms with E-state index >= 15 is 0 Å². The highest BCUT2D eigenvalue weighted by Crippen LogP contribution is 2.48. The Bertz CT molecular complexity index is 1770. The summed E-state index contributed by atoms with van der Waals surface area (Å²) in [6, 6.07) is 45.9. The van der Waals surface area contributed by atoms with Crippen LogP contribution in [0.1, 0.15) is 5.56 Å². The molecule has 0 N–H and O–H groups in total. The van der Waals surface area contributed by atoms with Crippen molar-refractivity contribution in [3.63, 3.8) is 0 Å². The summed E-state index contributed by atoms with van der Waals surface area (Å²) in [5.74, 6) is 0. The lowest BCUT2D eigenvalue weighted by Gasteiger charge is -2.23. The van der Waals surface area contributed by atoms with Gasteiger partial charge in [-0.25, -0.2) is 0 Å². The molecule has 0 radical (unpaired) electrons. The van der Waals surface area contributed by atoms with E-state index in [0.29, 0.717) is 0 Å². The molecular formula is C36H25N. The van der Waals surface area contributed by atoms with Gasteiger partial charge in [0.25, 0.3) is 0 Å². The largest absolute Gasteiger partial charge is 0.256 e. The smallest absolute Gasteiger partial charge is 0.0708 e. The van der Waals surface area contributed by atoms with Crippen LogP contribution in [0, 0.1) is 6.92 Å². The molecule has 0 saturated heterocycles. The molecule has 0 spiro atoms. The first-order chi connectivity index (χ1) is 18.3. The van der Waals surface area contributed by atoms with E-state index in [1.165, 1.54) is 61.2 Å². The molecule has 37 heavy (non-hydrogen) atoms. The number of hydrogen-bond acceptors (Lipinski definition) is 1. The van der Waals surface area contributed by atoms with Crippen LogP contribution in [-0.4, -0.2) is 4.98 Å². The van der Waals surface area contributed by atoms with Crippen LogP contribution in [0.4, 0.5) is 0 Å². The Morgan fingerprint density at radius 1 is 0.378 bits per heavy atom. The summed E-state index contributed by atoms with van der Waals surface area (Å²) < 4.78 is 0. The van der Waals surface area contributed by atoms with Gasteiger partial charge in [-0.05, 0) is 80.3 Å². The Morgan fingerprint density at radius 3 is 1.38 bits per heavy atom. The minimum atomic E-state index is 0.987. The normalized spacial score (nSPS) is 11.4. The van der Waals surface area contributed by atoms with Crippen LogP contribution in [0.15, 0.2) is 134 Å². The molecule has 5 aromatic carbocycles. The SMILES string of the molecule is Cc1cnc(-c2ccc3c(c2)-c2ccccc2-c2ccccc2-c2ccccc2-3)cc1-c1ccccc1. The maximum atomic E-state index is 4.86. The monoisotopic (exact) mass is 471 g/mol. The van der Waals surface area contributed by atoms with Gasteiger partial charge in [0.05, 0.1) is 5.69 Å². The maximum absolute atomic E-state index is 4.86. The topological polar surface area (TPSA) is 12.9 Å². The van der Waals surface area contributed by atoms with E-state index in [4.69, 9.17) is 4.98 Å². The fourth-order valence-corrected chi connectivity index (χ4v) is 5.63. The summed E-state index contributed by atoms with van der Waals surface area (Å²) in [5, 5.41) is 0. The van der Waals surface area contributed by atoms with Crippen LogP contribution >= 0.6 is 0 Å². The fraction of sp³-hybridized carbons (Fsp3) is 0.0278. The molecule has 6 aromatic rings. The standard InChI is InChI=1S/C36H25N/c1-24-23-37-36(22-34(24)25-11-3-2-4-12-25)26-19-20-33-31-17-8-7-15-29(31)27-13-5-6-14-28(27)30-16-9-10-18-32(30)35(33)21-26/h2-23H,1H3. The van der Waals surface area contributed by atoms with E-state index in [1.807, 2.05) is 6.20 Å². The number of fused-ring (bicyclic) bond motifs is 8. The first kappa shape index (κ1) is 21.5. The average Bonchev–Trinajstić information content (AvgIpc) is 2.97. The molecule has 0 unspecified atom stereocenters. The maximum Gasteiger partial charge on any atom is 0.0708 e. The van der Waals surface area contributed by atoms with E-state index in [1.54, 1.807) is 0 Å². The lowest BCUT2D eigenvalue weighted by atomic mass is 9.80. The molecule has 174 valence electrons. The molecule has 1 heteroatoms. The van der Waals surface area contributed by atoms with Gasteiger partial charge in [-0.3, -0.25) is 4.98 Å². The number of aryl methyl sites for hydroxylation is 1. The molecule has 1 aromatic heterocycles. The molecule has 0 fully saturated rings. The Hall–Kier alpha value is -4.75. The van der Waals surface area contributed by atoms with Crippen LogP contribution in [0.3, 0.4) is 0 Å². The van der Waals surface area contributed by atoms with Crippen molar-refractivity contribution in [2.45, 2.75) is 6.92 Å². The van der Waals surface area contributed by atoms with Gasteiger partial charge < -0.3 is 0 Å². The first-order valence-electron chi connectivity index (χ1n) is 12.7. The van der Waals surface area contributed by atoms with Gasteiger partial charge in [0, 0.05) is 11.8 Å². The van der Waals surface area contributed by atoms with Gasteiger partial charge in [-0.2, -0.15) is 0 Å². The van der Waals surface area contributed by atoms with Crippen molar-refractivity contribution in [3.05, 3.63) is 139 Å². The van der Waals surface area contributed by atoms with Crippen molar-refractivity contribution in [2.75, 3.05) is 0 Å². The molecule has 0 saturated carbocycles. The van der Waals surface area contributed by atoms with Crippen molar-refractivity contribution in [3.8, 4) is 66.9 Å². The molecule has 1 aliphatic carbocycles. The molecule has 1 heterocycles. The predicted molar refractivity (Wildman–Crippen MR) is 155 cm³/mol. The predicted octanol–water partition coefficient (Wildman–Crippen LogP) is 9.71. The number of pyridine rings is 1. The van der Waals surface area contributed by atoms with E-state index < -0.39 is 0 Å². The Kier molecular flexibility index (Phi) is 5.08. The zero-order valence-corrected chi connectivity index (χ0v) is 20.6. The molecule has 0 bridgehead atoms. The lowest BCUT2D eigenvalue weighted by Crippen LogP contribution is -1.97. The fourth-order valence-electron chi connectivity index (χ4n) is 5.63. The highest BCUT2D eigenvalue weighted by molar-refractivity contribution is 6.03. The second kappa shape index (κ2) is 8.72. The summed E-state index contributed by atoms with van der Waals surface area (Å²) in [5.41, 5.74) is 15.8. The third-order valence-electron chi connectivity index (χ3n) is 7.45. The Morgan fingerprint density at radius 2 is 0.838 bits per heavy atom. The third-order valence-corrected chi connectivity index (χ3v) is 7.45. The van der Waals surface area contributed by atoms with Crippen molar-refractivity contribution in [1.29, 1.82) is 0 Å². The number of hydrogen-bond donors (Lipinski definition) is 0. The highest BCUT2D eigenvalue weighted by atomic mass is 14.7. The van der Waals surface area contributed by atoms with Crippen molar-refractivity contribution in [2.24, 2.45) is 0 Å². The lowest BCUT2D eigenvalue weighted by molar-refractivity contribution is 1.27. The van der Waals surface area contributed by atoms with E-state index in [-0.39, 0.29) is 0 Å². The van der Waals surface area contributed by atoms with Crippen LogP contribution < -0.4 is 0 Å². The van der Waals surface area contributed by atoms with Crippen molar-refractivity contribution >= 4 is 0 Å². The quantitative estimate of drug-likeness (QED) is 0.244. The summed E-state index contributed by atoms with van der Waals surface area (Å²) >= 11 is 0. The van der Waals surface area contributed by atoms with Gasteiger partial charge >= 0.3 is 0 Å². The van der Waals surface area contributed by atoms with E-state index in [0.717, 1.165) is 11.3 Å². The number of nitrogens with zero attached hydrogens (tertiary/aromatic N) is 1. The second-order valence-corrected chi connectivity index (χ2v) is 9.65. The van der Waals surface area contributed by atoms with Crippen LogP contribution in [0.5, 0.6) is 0 Å². The Labute approximate surface area is 217 Å². The van der Waals surface area contributed by atoms with Gasteiger partial charge in [-0.15, -0.1) is 0 Å². The van der Waals surface area contributed by atoms with Gasteiger partial charge in [0.2, 0.25) is 0 Å². The zero-order chi connectivity index (χ0) is 24.8. The summed E-state index contributed by atoms with van der Waals surface area (Å²) in [7, 11) is 0. The molecule has 1 nitrogen and oxygen atoms in total. The average molecular weight is 472 g/mol. The van der Waals surface area contributed by atoms with Crippen LogP contribution in [0.2, 0.25) is 0 Å². The van der Waals surface area contributed by atoms with Crippen LogP contribution in [0.25, 0.3) is 66.9 Å².